The highest BCUT2D eigenvalue weighted by Crippen LogP contribution is 2.27. The first kappa shape index (κ1) is 14.5. The maximum absolute atomic E-state index is 11.4. The van der Waals surface area contributed by atoms with Gasteiger partial charge in [0.15, 0.2) is 11.7 Å². The third-order valence-electron chi connectivity index (χ3n) is 2.34. The largest absolute Gasteiger partial charge is 0.456 e. The molecule has 8 heteroatoms. The molecule has 20 heavy (non-hydrogen) atoms. The summed E-state index contributed by atoms with van der Waals surface area (Å²) >= 11 is 2.91. The fourth-order valence-corrected chi connectivity index (χ4v) is 2.82. The molecule has 1 amide bonds. The number of nitrogens with one attached hydrogen (secondary N) is 1. The van der Waals surface area contributed by atoms with E-state index in [4.69, 9.17) is 5.73 Å². The lowest BCUT2D eigenvalue weighted by Crippen LogP contribution is -2.27. The van der Waals surface area contributed by atoms with Crippen LogP contribution in [0.1, 0.15) is 11.8 Å². The molecule has 0 aliphatic rings. The van der Waals surface area contributed by atoms with Crippen LogP contribution in [0.2, 0.25) is 0 Å². The Labute approximate surface area is 123 Å². The van der Waals surface area contributed by atoms with Gasteiger partial charge in [0, 0.05) is 28.1 Å². The second kappa shape index (κ2) is 6.49. The molecule has 6 nitrogen and oxygen atoms in total. The molecule has 2 aromatic heterocycles. The minimum absolute atomic E-state index is 0.254. The number of rotatable bonds is 5. The lowest BCUT2D eigenvalue weighted by molar-refractivity contribution is -0.146. The van der Waals surface area contributed by atoms with Crippen LogP contribution in [0.25, 0.3) is 11.3 Å². The number of nitrogens with two attached hydrogens (primary N) is 1. The zero-order valence-electron chi connectivity index (χ0n) is 10.7. The molecule has 2 rings (SSSR count). The monoisotopic (exact) mass is 311 g/mol. The number of anilines is 1. The molecule has 2 heterocycles. The molecule has 3 N–H and O–H groups in total. The van der Waals surface area contributed by atoms with Crippen molar-refractivity contribution in [1.82, 2.24) is 10.3 Å². The number of thiazole rings is 1. The van der Waals surface area contributed by atoms with E-state index in [0.29, 0.717) is 11.7 Å². The second-order valence-corrected chi connectivity index (χ2v) is 5.82. The number of carbonyl (C=O) groups excluding carboxylic acids is 2. The summed E-state index contributed by atoms with van der Waals surface area (Å²) in [6.45, 7) is 1.40. The van der Waals surface area contributed by atoms with Gasteiger partial charge in [-0.1, -0.05) is 0 Å². The SMILES string of the molecule is CC(=O)OCC(=O)NCc1cc(-c2csc(N)n2)cs1. The Morgan fingerprint density at radius 3 is 2.85 bits per heavy atom. The molecule has 0 spiro atoms. The third kappa shape index (κ3) is 4.04. The molecule has 0 aromatic carbocycles. The van der Waals surface area contributed by atoms with Crippen LogP contribution >= 0.6 is 22.7 Å². The van der Waals surface area contributed by atoms with Crippen LogP contribution in [-0.2, 0) is 20.9 Å². The number of ether oxygens (including phenoxy) is 1. The number of thiophene rings is 1. The van der Waals surface area contributed by atoms with Crippen molar-refractivity contribution in [2.24, 2.45) is 0 Å². The number of esters is 1. The van der Waals surface area contributed by atoms with Gasteiger partial charge in [0.1, 0.15) is 0 Å². The summed E-state index contributed by atoms with van der Waals surface area (Å²) in [6.07, 6.45) is 0. The molecule has 0 unspecified atom stereocenters. The highest BCUT2D eigenvalue weighted by molar-refractivity contribution is 7.14. The molecule has 0 radical (unpaired) electrons. The summed E-state index contributed by atoms with van der Waals surface area (Å²) in [5, 5.41) is 7.06. The van der Waals surface area contributed by atoms with E-state index >= 15 is 0 Å². The Morgan fingerprint density at radius 1 is 1.40 bits per heavy atom. The summed E-state index contributed by atoms with van der Waals surface area (Å²) in [5.41, 5.74) is 7.40. The van der Waals surface area contributed by atoms with Gasteiger partial charge in [0.2, 0.25) is 0 Å². The second-order valence-electron chi connectivity index (χ2n) is 3.93. The van der Waals surface area contributed by atoms with Gasteiger partial charge in [-0.25, -0.2) is 4.98 Å². The molecule has 0 saturated carbocycles. The van der Waals surface area contributed by atoms with Crippen LogP contribution in [0.5, 0.6) is 0 Å². The highest BCUT2D eigenvalue weighted by atomic mass is 32.1. The molecular weight excluding hydrogens is 298 g/mol. The number of nitrogen functional groups attached to an aromatic ring is 1. The number of amides is 1. The maximum atomic E-state index is 11.4. The van der Waals surface area contributed by atoms with Crippen molar-refractivity contribution in [3.63, 3.8) is 0 Å². The first-order valence-electron chi connectivity index (χ1n) is 5.73. The first-order chi connectivity index (χ1) is 9.54. The number of nitrogens with zero attached hydrogens (tertiary/aromatic N) is 1. The van der Waals surface area contributed by atoms with Gasteiger partial charge in [0.05, 0.1) is 12.2 Å². The fourth-order valence-electron chi connectivity index (χ4n) is 1.43. The average molecular weight is 311 g/mol. The normalized spacial score (nSPS) is 10.2. The van der Waals surface area contributed by atoms with E-state index in [1.807, 2.05) is 16.8 Å². The first-order valence-corrected chi connectivity index (χ1v) is 7.49. The maximum Gasteiger partial charge on any atom is 0.303 e. The minimum atomic E-state index is -0.473. The summed E-state index contributed by atoms with van der Waals surface area (Å²) in [7, 11) is 0. The van der Waals surface area contributed by atoms with Crippen LogP contribution in [0.15, 0.2) is 16.8 Å². The van der Waals surface area contributed by atoms with E-state index in [1.165, 1.54) is 29.6 Å². The molecule has 0 fully saturated rings. The molecule has 0 aliphatic carbocycles. The van der Waals surface area contributed by atoms with Crippen molar-refractivity contribution >= 4 is 39.7 Å². The van der Waals surface area contributed by atoms with Crippen molar-refractivity contribution in [3.8, 4) is 11.3 Å². The van der Waals surface area contributed by atoms with Gasteiger partial charge >= 0.3 is 5.97 Å². The average Bonchev–Trinajstić information content (AvgIpc) is 3.02. The quantitative estimate of drug-likeness (QED) is 0.819. The van der Waals surface area contributed by atoms with Gasteiger partial charge < -0.3 is 15.8 Å². The Hall–Kier alpha value is -1.93. The number of hydrogen-bond donors (Lipinski definition) is 2. The lowest BCUT2D eigenvalue weighted by atomic mass is 10.2. The predicted octanol–water partition coefficient (Wildman–Crippen LogP) is 1.63. The number of carbonyl (C=O) groups is 2. The van der Waals surface area contributed by atoms with Gasteiger partial charge in [-0.2, -0.15) is 0 Å². The van der Waals surface area contributed by atoms with Gasteiger partial charge in [-0.15, -0.1) is 22.7 Å². The van der Waals surface area contributed by atoms with E-state index in [1.54, 1.807) is 0 Å². The van der Waals surface area contributed by atoms with Gasteiger partial charge in [-0.05, 0) is 6.07 Å². The zero-order valence-corrected chi connectivity index (χ0v) is 12.3. The lowest BCUT2D eigenvalue weighted by Gasteiger charge is -2.03. The topological polar surface area (TPSA) is 94.3 Å². The Balaban J connectivity index is 1.87. The van der Waals surface area contributed by atoms with E-state index in [2.05, 4.69) is 15.0 Å². The van der Waals surface area contributed by atoms with Crippen LogP contribution in [0.4, 0.5) is 5.13 Å². The van der Waals surface area contributed by atoms with Crippen molar-refractivity contribution in [1.29, 1.82) is 0 Å². The highest BCUT2D eigenvalue weighted by Gasteiger charge is 2.08. The summed E-state index contributed by atoms with van der Waals surface area (Å²) in [4.78, 5) is 27.1. The fraction of sp³-hybridized carbons (Fsp3) is 0.250. The Bertz CT molecular complexity index is 621. The van der Waals surface area contributed by atoms with E-state index in [0.717, 1.165) is 16.1 Å². The van der Waals surface area contributed by atoms with Crippen molar-refractivity contribution < 1.29 is 14.3 Å². The molecule has 0 bridgehead atoms. The smallest absolute Gasteiger partial charge is 0.303 e. The Morgan fingerprint density at radius 2 is 2.20 bits per heavy atom. The van der Waals surface area contributed by atoms with Gasteiger partial charge in [-0.3, -0.25) is 9.59 Å². The number of aromatic nitrogens is 1. The van der Waals surface area contributed by atoms with Crippen molar-refractivity contribution in [2.45, 2.75) is 13.5 Å². The molecule has 0 aliphatic heterocycles. The molecule has 2 aromatic rings. The van der Waals surface area contributed by atoms with Crippen LogP contribution in [-0.4, -0.2) is 23.5 Å². The van der Waals surface area contributed by atoms with Gasteiger partial charge in [0.25, 0.3) is 5.91 Å². The standard InChI is InChI=1S/C12H13N3O3S2/c1-7(16)18-4-11(17)14-3-9-2-8(5-19-9)10-6-20-12(13)15-10/h2,5-6H,3-4H2,1H3,(H2,13,15)(H,14,17). The third-order valence-corrected chi connectivity index (χ3v) is 3.95. The minimum Gasteiger partial charge on any atom is -0.456 e. The van der Waals surface area contributed by atoms with Crippen LogP contribution in [0.3, 0.4) is 0 Å². The van der Waals surface area contributed by atoms with Crippen LogP contribution in [0, 0.1) is 0 Å². The predicted molar refractivity (Wildman–Crippen MR) is 78.3 cm³/mol. The zero-order chi connectivity index (χ0) is 14.5. The summed E-state index contributed by atoms with van der Waals surface area (Å²) < 4.78 is 4.60. The number of hydrogen-bond acceptors (Lipinski definition) is 7. The van der Waals surface area contributed by atoms with E-state index < -0.39 is 5.97 Å². The van der Waals surface area contributed by atoms with Crippen molar-refractivity contribution in [3.05, 3.63) is 21.7 Å². The summed E-state index contributed by atoms with van der Waals surface area (Å²) in [5.74, 6) is -0.798. The van der Waals surface area contributed by atoms with Crippen molar-refractivity contribution in [2.75, 3.05) is 12.3 Å². The Kier molecular flexibility index (Phi) is 4.70. The molecule has 0 saturated heterocycles. The molecule has 106 valence electrons. The van der Waals surface area contributed by atoms with Crippen LogP contribution < -0.4 is 11.1 Å². The van der Waals surface area contributed by atoms with E-state index in [9.17, 15) is 9.59 Å². The molecule has 0 atom stereocenters. The molecular formula is C12H13N3O3S2. The van der Waals surface area contributed by atoms with E-state index in [-0.39, 0.29) is 12.5 Å². The summed E-state index contributed by atoms with van der Waals surface area (Å²) in [6, 6.07) is 1.95.